The first-order valence-electron chi connectivity index (χ1n) is 11.0. The third kappa shape index (κ3) is 3.59. The topological polar surface area (TPSA) is 6.48 Å². The van der Waals surface area contributed by atoms with Crippen LogP contribution in [0.15, 0.2) is 109 Å². The average molecular weight is 405 g/mol. The molecule has 4 aromatic carbocycles. The van der Waals surface area contributed by atoms with E-state index in [1.807, 2.05) is 0 Å². The molecule has 0 aliphatic carbocycles. The van der Waals surface area contributed by atoms with Crippen LogP contribution >= 0.6 is 0 Å². The number of benzene rings is 4. The van der Waals surface area contributed by atoms with Gasteiger partial charge in [0.2, 0.25) is 0 Å². The van der Waals surface area contributed by atoms with E-state index in [9.17, 15) is 0 Å². The molecule has 154 valence electrons. The lowest BCUT2D eigenvalue weighted by Gasteiger charge is -2.31. The van der Waals surface area contributed by atoms with Gasteiger partial charge in [-0.1, -0.05) is 97.1 Å². The Morgan fingerprint density at radius 3 is 1.23 bits per heavy atom. The van der Waals surface area contributed by atoms with Crippen molar-refractivity contribution in [1.29, 1.82) is 0 Å². The SMILES string of the molecule is Cc1ccccc1N1CN(c2ccccc2C)[C@H](c2ccccc2)[C@H]1c1ccccc1. The van der Waals surface area contributed by atoms with Crippen LogP contribution in [0.2, 0.25) is 0 Å². The van der Waals surface area contributed by atoms with E-state index in [4.69, 9.17) is 0 Å². The van der Waals surface area contributed by atoms with Crippen molar-refractivity contribution in [3.63, 3.8) is 0 Å². The molecule has 2 atom stereocenters. The van der Waals surface area contributed by atoms with Crippen LogP contribution in [0, 0.1) is 13.8 Å². The fraction of sp³-hybridized carbons (Fsp3) is 0.172. The summed E-state index contributed by atoms with van der Waals surface area (Å²) in [6.07, 6.45) is 0. The first-order valence-corrected chi connectivity index (χ1v) is 11.0. The van der Waals surface area contributed by atoms with Gasteiger partial charge < -0.3 is 9.80 Å². The quantitative estimate of drug-likeness (QED) is 0.359. The Bertz CT molecular complexity index is 1060. The van der Waals surface area contributed by atoms with Gasteiger partial charge in [-0.25, -0.2) is 0 Å². The van der Waals surface area contributed by atoms with Crippen LogP contribution in [0.4, 0.5) is 11.4 Å². The lowest BCUT2D eigenvalue weighted by Crippen LogP contribution is -2.27. The minimum atomic E-state index is 0.212. The van der Waals surface area contributed by atoms with Crippen LogP contribution in [-0.4, -0.2) is 6.67 Å². The fourth-order valence-corrected chi connectivity index (χ4v) is 4.93. The zero-order chi connectivity index (χ0) is 21.2. The number of para-hydroxylation sites is 2. The Kier molecular flexibility index (Phi) is 5.21. The summed E-state index contributed by atoms with van der Waals surface area (Å²) in [6, 6.07) is 39.8. The Labute approximate surface area is 185 Å². The third-order valence-electron chi connectivity index (χ3n) is 6.41. The van der Waals surface area contributed by atoms with Crippen LogP contribution in [0.1, 0.15) is 34.3 Å². The smallest absolute Gasteiger partial charge is 0.0917 e. The van der Waals surface area contributed by atoms with Gasteiger partial charge in [-0.2, -0.15) is 0 Å². The first kappa shape index (κ1) is 19.4. The molecule has 0 amide bonds. The molecule has 0 spiro atoms. The molecule has 1 saturated heterocycles. The molecule has 0 saturated carbocycles. The van der Waals surface area contributed by atoms with E-state index in [1.54, 1.807) is 0 Å². The van der Waals surface area contributed by atoms with E-state index in [-0.39, 0.29) is 12.1 Å². The molecule has 2 nitrogen and oxygen atoms in total. The number of nitrogens with zero attached hydrogens (tertiary/aromatic N) is 2. The van der Waals surface area contributed by atoms with Crippen LogP contribution in [0.3, 0.4) is 0 Å². The summed E-state index contributed by atoms with van der Waals surface area (Å²) in [7, 11) is 0. The maximum absolute atomic E-state index is 2.58. The van der Waals surface area contributed by atoms with Crippen molar-refractivity contribution in [2.45, 2.75) is 25.9 Å². The highest BCUT2D eigenvalue weighted by Crippen LogP contribution is 2.48. The zero-order valence-corrected chi connectivity index (χ0v) is 18.1. The van der Waals surface area contributed by atoms with E-state index < -0.39 is 0 Å². The molecule has 0 radical (unpaired) electrons. The lowest BCUT2D eigenvalue weighted by molar-refractivity contribution is 0.617. The summed E-state index contributed by atoms with van der Waals surface area (Å²) in [5, 5.41) is 0. The Morgan fingerprint density at radius 2 is 0.839 bits per heavy atom. The molecular weight excluding hydrogens is 376 g/mol. The second-order valence-corrected chi connectivity index (χ2v) is 8.37. The minimum absolute atomic E-state index is 0.212. The average Bonchev–Trinajstić information content (AvgIpc) is 3.21. The molecular formula is C29H28N2. The highest BCUT2D eigenvalue weighted by atomic mass is 15.4. The standard InChI is InChI=1S/C29H28N2/c1-22-13-9-11-19-26(22)30-21-31(27-20-12-10-14-23(27)2)29(25-17-7-4-8-18-25)28(30)24-15-5-3-6-16-24/h3-20,28-29H,21H2,1-2H3/t28-,29-/m1/s1. The predicted octanol–water partition coefficient (Wildman–Crippen LogP) is 7.07. The van der Waals surface area contributed by atoms with Crippen LogP contribution in [-0.2, 0) is 0 Å². The molecule has 1 aliphatic heterocycles. The monoisotopic (exact) mass is 404 g/mol. The third-order valence-corrected chi connectivity index (χ3v) is 6.41. The zero-order valence-electron chi connectivity index (χ0n) is 18.1. The lowest BCUT2D eigenvalue weighted by atomic mass is 9.92. The number of rotatable bonds is 4. The number of hydrogen-bond acceptors (Lipinski definition) is 2. The van der Waals surface area contributed by atoms with Crippen molar-refractivity contribution in [2.75, 3.05) is 16.5 Å². The highest BCUT2D eigenvalue weighted by molar-refractivity contribution is 5.64. The highest BCUT2D eigenvalue weighted by Gasteiger charge is 2.42. The van der Waals surface area contributed by atoms with E-state index in [1.165, 1.54) is 33.6 Å². The summed E-state index contributed by atoms with van der Waals surface area (Å²) in [5.41, 5.74) is 7.90. The molecule has 4 aromatic rings. The van der Waals surface area contributed by atoms with Gasteiger partial charge >= 0.3 is 0 Å². The van der Waals surface area contributed by atoms with Gasteiger partial charge in [0.1, 0.15) is 0 Å². The normalized spacial score (nSPS) is 18.4. The molecule has 0 bridgehead atoms. The van der Waals surface area contributed by atoms with Gasteiger partial charge in [0.25, 0.3) is 0 Å². The van der Waals surface area contributed by atoms with Crippen molar-refractivity contribution in [3.8, 4) is 0 Å². The van der Waals surface area contributed by atoms with Gasteiger partial charge in [-0.3, -0.25) is 0 Å². The van der Waals surface area contributed by atoms with E-state index in [0.29, 0.717) is 0 Å². The molecule has 0 unspecified atom stereocenters. The van der Waals surface area contributed by atoms with Crippen LogP contribution in [0.25, 0.3) is 0 Å². The summed E-state index contributed by atoms with van der Waals surface area (Å²) >= 11 is 0. The number of anilines is 2. The molecule has 5 rings (SSSR count). The van der Waals surface area contributed by atoms with E-state index in [0.717, 1.165) is 6.67 Å². The first-order chi connectivity index (χ1) is 15.2. The van der Waals surface area contributed by atoms with Crippen LogP contribution in [0.5, 0.6) is 0 Å². The fourth-order valence-electron chi connectivity index (χ4n) is 4.93. The summed E-state index contributed by atoms with van der Waals surface area (Å²) < 4.78 is 0. The van der Waals surface area contributed by atoms with Gasteiger partial charge in [-0.15, -0.1) is 0 Å². The van der Waals surface area contributed by atoms with Crippen molar-refractivity contribution in [3.05, 3.63) is 131 Å². The van der Waals surface area contributed by atoms with Gasteiger partial charge in [-0.05, 0) is 48.2 Å². The van der Waals surface area contributed by atoms with Gasteiger partial charge in [0, 0.05) is 11.4 Å². The number of aryl methyl sites for hydroxylation is 2. The molecule has 1 heterocycles. The molecule has 1 aliphatic rings. The molecule has 0 N–H and O–H groups in total. The second kappa shape index (κ2) is 8.31. The molecule has 1 fully saturated rings. The van der Waals surface area contributed by atoms with Crippen molar-refractivity contribution >= 4 is 11.4 Å². The molecule has 0 aromatic heterocycles. The molecule has 31 heavy (non-hydrogen) atoms. The van der Waals surface area contributed by atoms with Crippen molar-refractivity contribution in [2.24, 2.45) is 0 Å². The Morgan fingerprint density at radius 1 is 0.484 bits per heavy atom. The predicted molar refractivity (Wildman–Crippen MR) is 131 cm³/mol. The van der Waals surface area contributed by atoms with Gasteiger partial charge in [0.05, 0.1) is 18.8 Å². The maximum Gasteiger partial charge on any atom is 0.0917 e. The minimum Gasteiger partial charge on any atom is -0.344 e. The second-order valence-electron chi connectivity index (χ2n) is 8.37. The van der Waals surface area contributed by atoms with Crippen molar-refractivity contribution in [1.82, 2.24) is 0 Å². The molecule has 2 heteroatoms. The van der Waals surface area contributed by atoms with Crippen molar-refractivity contribution < 1.29 is 0 Å². The van der Waals surface area contributed by atoms with Gasteiger partial charge in [0.15, 0.2) is 0 Å². The van der Waals surface area contributed by atoms with E-state index >= 15 is 0 Å². The summed E-state index contributed by atoms with van der Waals surface area (Å²) in [6.45, 7) is 5.27. The van der Waals surface area contributed by atoms with Crippen LogP contribution < -0.4 is 9.80 Å². The summed E-state index contributed by atoms with van der Waals surface area (Å²) in [4.78, 5) is 5.16. The Balaban J connectivity index is 1.73. The van der Waals surface area contributed by atoms with E-state index in [2.05, 4.69) is 133 Å². The largest absolute Gasteiger partial charge is 0.344 e. The maximum atomic E-state index is 2.58. The summed E-state index contributed by atoms with van der Waals surface area (Å²) in [5.74, 6) is 0. The Hall–Kier alpha value is -3.52. The number of hydrogen-bond donors (Lipinski definition) is 0.